The molecular formula is C19H22N2. The topological polar surface area (TPSA) is 17.0 Å². The average molecular weight is 278 g/mol. The lowest BCUT2D eigenvalue weighted by Crippen LogP contribution is -2.20. The van der Waals surface area contributed by atoms with Gasteiger partial charge in [-0.25, -0.2) is 0 Å². The zero-order valence-corrected chi connectivity index (χ0v) is 12.7. The van der Waals surface area contributed by atoms with Crippen molar-refractivity contribution in [1.82, 2.24) is 9.88 Å². The summed E-state index contributed by atoms with van der Waals surface area (Å²) in [7, 11) is 0. The van der Waals surface area contributed by atoms with Crippen LogP contribution in [-0.4, -0.2) is 11.1 Å². The Balaban J connectivity index is 1.94. The summed E-state index contributed by atoms with van der Waals surface area (Å²) in [5.41, 5.74) is 2.71. The summed E-state index contributed by atoms with van der Waals surface area (Å²) in [4.78, 5) is 0. The van der Waals surface area contributed by atoms with Gasteiger partial charge in [-0.15, -0.1) is 0 Å². The maximum absolute atomic E-state index is 3.49. The molecule has 0 bridgehead atoms. The van der Waals surface area contributed by atoms with Gasteiger partial charge in [-0.3, -0.25) is 0 Å². The molecular weight excluding hydrogens is 256 g/mol. The van der Waals surface area contributed by atoms with Gasteiger partial charge < -0.3 is 9.88 Å². The molecule has 0 amide bonds. The summed E-state index contributed by atoms with van der Waals surface area (Å²) in [6.45, 7) is 6.27. The lowest BCUT2D eigenvalue weighted by atomic mass is 10.0. The molecule has 2 aromatic carbocycles. The van der Waals surface area contributed by atoms with Crippen molar-refractivity contribution in [1.29, 1.82) is 0 Å². The molecule has 1 aromatic heterocycles. The van der Waals surface area contributed by atoms with E-state index in [1.54, 1.807) is 0 Å². The quantitative estimate of drug-likeness (QED) is 0.733. The van der Waals surface area contributed by atoms with Crippen molar-refractivity contribution in [3.63, 3.8) is 0 Å². The third-order valence-corrected chi connectivity index (χ3v) is 4.04. The Kier molecular flexibility index (Phi) is 4.07. The summed E-state index contributed by atoms with van der Waals surface area (Å²) in [6.07, 6.45) is 2.17. The lowest BCUT2D eigenvalue weighted by Gasteiger charge is -2.17. The van der Waals surface area contributed by atoms with E-state index in [0.29, 0.717) is 6.04 Å². The predicted molar refractivity (Wildman–Crippen MR) is 89.6 cm³/mol. The van der Waals surface area contributed by atoms with Crippen LogP contribution in [0.3, 0.4) is 0 Å². The summed E-state index contributed by atoms with van der Waals surface area (Å²) < 4.78 is 2.34. The van der Waals surface area contributed by atoms with Crippen LogP contribution in [0.5, 0.6) is 0 Å². The normalized spacial score (nSPS) is 12.7. The van der Waals surface area contributed by atoms with Crippen LogP contribution in [0.25, 0.3) is 10.8 Å². The molecule has 1 unspecified atom stereocenters. The molecule has 1 atom stereocenters. The van der Waals surface area contributed by atoms with E-state index in [4.69, 9.17) is 0 Å². The van der Waals surface area contributed by atoms with Crippen molar-refractivity contribution in [2.45, 2.75) is 26.4 Å². The third kappa shape index (κ3) is 2.86. The Bertz CT molecular complexity index is 722. The highest BCUT2D eigenvalue weighted by molar-refractivity contribution is 5.85. The number of hydrogen-bond donors (Lipinski definition) is 1. The molecule has 1 heterocycles. The van der Waals surface area contributed by atoms with Crippen molar-refractivity contribution in [3.05, 3.63) is 72.1 Å². The number of fused-ring (bicyclic) bond motifs is 1. The highest BCUT2D eigenvalue weighted by Gasteiger charge is 2.10. The Labute approximate surface area is 126 Å². The Hall–Kier alpha value is -2.06. The van der Waals surface area contributed by atoms with Crippen LogP contribution in [0.15, 0.2) is 60.8 Å². The van der Waals surface area contributed by atoms with Crippen molar-refractivity contribution < 1.29 is 0 Å². The molecule has 0 radical (unpaired) electrons. The minimum Gasteiger partial charge on any atom is -0.346 e. The van der Waals surface area contributed by atoms with E-state index in [0.717, 1.165) is 13.1 Å². The van der Waals surface area contributed by atoms with E-state index >= 15 is 0 Å². The molecule has 0 aliphatic rings. The number of hydrogen-bond acceptors (Lipinski definition) is 1. The van der Waals surface area contributed by atoms with Crippen LogP contribution >= 0.6 is 0 Å². The Morgan fingerprint density at radius 1 is 1.00 bits per heavy atom. The van der Waals surface area contributed by atoms with Gasteiger partial charge in [0, 0.05) is 24.5 Å². The molecule has 0 saturated heterocycles. The minimum atomic E-state index is 0.375. The maximum atomic E-state index is 3.49. The predicted octanol–water partition coefficient (Wildman–Crippen LogP) is 4.36. The molecule has 2 heteroatoms. The van der Waals surface area contributed by atoms with E-state index < -0.39 is 0 Å². The minimum absolute atomic E-state index is 0.375. The summed E-state index contributed by atoms with van der Waals surface area (Å²) in [6, 6.07) is 19.9. The first-order valence-corrected chi connectivity index (χ1v) is 7.64. The molecule has 0 saturated carbocycles. The maximum Gasteiger partial charge on any atom is 0.0479 e. The van der Waals surface area contributed by atoms with Crippen molar-refractivity contribution >= 4 is 10.8 Å². The molecule has 1 N–H and O–H groups in total. The monoisotopic (exact) mass is 278 g/mol. The van der Waals surface area contributed by atoms with E-state index in [-0.39, 0.29) is 0 Å². The van der Waals surface area contributed by atoms with E-state index in [1.807, 2.05) is 0 Å². The molecule has 3 rings (SSSR count). The molecule has 0 spiro atoms. The fourth-order valence-electron chi connectivity index (χ4n) is 2.99. The number of benzene rings is 2. The number of aromatic nitrogens is 1. The summed E-state index contributed by atoms with van der Waals surface area (Å²) in [5, 5.41) is 6.14. The van der Waals surface area contributed by atoms with Gasteiger partial charge in [-0.1, -0.05) is 49.4 Å². The van der Waals surface area contributed by atoms with Crippen LogP contribution in [-0.2, 0) is 6.54 Å². The first-order chi connectivity index (χ1) is 10.3. The molecule has 0 aliphatic carbocycles. The Morgan fingerprint density at radius 2 is 1.81 bits per heavy atom. The van der Waals surface area contributed by atoms with Gasteiger partial charge in [0.1, 0.15) is 0 Å². The highest BCUT2D eigenvalue weighted by atomic mass is 15.0. The molecule has 0 aliphatic heterocycles. The lowest BCUT2D eigenvalue weighted by molar-refractivity contribution is 0.554. The van der Waals surface area contributed by atoms with Gasteiger partial charge in [0.2, 0.25) is 0 Å². The SMILES string of the molecule is CCNC(C)c1cccn1Cc1cccc2ccccc12. The third-order valence-electron chi connectivity index (χ3n) is 4.04. The summed E-state index contributed by atoms with van der Waals surface area (Å²) in [5.74, 6) is 0. The second-order valence-electron chi connectivity index (χ2n) is 5.48. The largest absolute Gasteiger partial charge is 0.346 e. The molecule has 0 fully saturated rings. The van der Waals surface area contributed by atoms with Crippen LogP contribution < -0.4 is 5.32 Å². The van der Waals surface area contributed by atoms with Crippen molar-refractivity contribution in [3.8, 4) is 0 Å². The zero-order chi connectivity index (χ0) is 14.7. The average Bonchev–Trinajstić information content (AvgIpc) is 2.96. The first-order valence-electron chi connectivity index (χ1n) is 7.64. The van der Waals surface area contributed by atoms with E-state index in [1.165, 1.54) is 22.0 Å². The molecule has 3 aromatic rings. The molecule has 108 valence electrons. The number of nitrogens with zero attached hydrogens (tertiary/aromatic N) is 1. The molecule has 2 nitrogen and oxygen atoms in total. The van der Waals surface area contributed by atoms with Gasteiger partial charge in [-0.2, -0.15) is 0 Å². The van der Waals surface area contributed by atoms with Crippen molar-refractivity contribution in [2.75, 3.05) is 6.54 Å². The highest BCUT2D eigenvalue weighted by Crippen LogP contribution is 2.21. The second kappa shape index (κ2) is 6.15. The summed E-state index contributed by atoms with van der Waals surface area (Å²) >= 11 is 0. The second-order valence-corrected chi connectivity index (χ2v) is 5.48. The van der Waals surface area contributed by atoms with Gasteiger partial charge >= 0.3 is 0 Å². The van der Waals surface area contributed by atoms with Crippen LogP contribution in [0, 0.1) is 0 Å². The fraction of sp³-hybridized carbons (Fsp3) is 0.263. The van der Waals surface area contributed by atoms with E-state index in [2.05, 4.69) is 84.5 Å². The van der Waals surface area contributed by atoms with Gasteiger partial charge in [-0.05, 0) is 41.9 Å². The van der Waals surface area contributed by atoms with E-state index in [9.17, 15) is 0 Å². The zero-order valence-electron chi connectivity index (χ0n) is 12.7. The van der Waals surface area contributed by atoms with Crippen LogP contribution in [0.2, 0.25) is 0 Å². The van der Waals surface area contributed by atoms with Crippen LogP contribution in [0.1, 0.15) is 31.1 Å². The first kappa shape index (κ1) is 13.9. The number of nitrogens with one attached hydrogen (secondary N) is 1. The van der Waals surface area contributed by atoms with Gasteiger partial charge in [0.05, 0.1) is 0 Å². The Morgan fingerprint density at radius 3 is 2.67 bits per heavy atom. The van der Waals surface area contributed by atoms with Gasteiger partial charge in [0.15, 0.2) is 0 Å². The molecule has 21 heavy (non-hydrogen) atoms. The smallest absolute Gasteiger partial charge is 0.0479 e. The van der Waals surface area contributed by atoms with Gasteiger partial charge in [0.25, 0.3) is 0 Å². The fourth-order valence-corrected chi connectivity index (χ4v) is 2.99. The standard InChI is InChI=1S/C19H22N2/c1-3-20-15(2)19-12-7-13-21(19)14-17-10-6-9-16-8-4-5-11-18(16)17/h4-13,15,20H,3,14H2,1-2H3. The number of rotatable bonds is 5. The van der Waals surface area contributed by atoms with Crippen molar-refractivity contribution in [2.24, 2.45) is 0 Å². The van der Waals surface area contributed by atoms with Crippen LogP contribution in [0.4, 0.5) is 0 Å².